The van der Waals surface area contributed by atoms with Crippen LogP contribution < -0.4 is 0 Å². The van der Waals surface area contributed by atoms with Crippen molar-refractivity contribution in [2.75, 3.05) is 19.6 Å². The number of benzene rings is 2. The lowest BCUT2D eigenvalue weighted by Crippen LogP contribution is -2.42. The van der Waals surface area contributed by atoms with Crippen LogP contribution >= 0.6 is 0 Å². The van der Waals surface area contributed by atoms with E-state index < -0.39 is 0 Å². The Kier molecular flexibility index (Phi) is 4.58. The van der Waals surface area contributed by atoms with Gasteiger partial charge >= 0.3 is 0 Å². The van der Waals surface area contributed by atoms with E-state index in [0.717, 1.165) is 31.5 Å². The Labute approximate surface area is 157 Å². The van der Waals surface area contributed by atoms with Crippen molar-refractivity contribution in [3.8, 4) is 11.5 Å². The zero-order chi connectivity index (χ0) is 19.0. The predicted molar refractivity (Wildman–Crippen MR) is 99.6 cm³/mol. The average Bonchev–Trinajstić information content (AvgIpc) is 2.90. The number of carbonyl (C=O) groups excluding carboxylic acids is 2. The first-order chi connectivity index (χ1) is 13.0. The van der Waals surface area contributed by atoms with Gasteiger partial charge in [-0.05, 0) is 55.1 Å². The number of nitrogens with zero attached hydrogens (tertiary/aromatic N) is 2. The molecule has 140 valence electrons. The first-order valence-corrected chi connectivity index (χ1v) is 9.21. The first-order valence-electron chi connectivity index (χ1n) is 9.21. The second kappa shape index (κ2) is 7.04. The molecule has 27 heavy (non-hydrogen) atoms. The molecular formula is C21H22N2O4. The van der Waals surface area contributed by atoms with Gasteiger partial charge in [-0.1, -0.05) is 18.2 Å². The summed E-state index contributed by atoms with van der Waals surface area (Å²) in [5.74, 6) is -0.410. The molecule has 6 nitrogen and oxygen atoms in total. The number of carbonyl (C=O) groups is 2. The normalized spacial score (nSPS) is 20.1. The molecule has 0 spiro atoms. The predicted octanol–water partition coefficient (Wildman–Crippen LogP) is 2.61. The molecule has 4 rings (SSSR count). The third kappa shape index (κ3) is 3.40. The van der Waals surface area contributed by atoms with Crippen molar-refractivity contribution in [2.45, 2.75) is 19.4 Å². The molecule has 2 aliphatic rings. The molecule has 2 amide bonds. The quantitative estimate of drug-likeness (QED) is 0.642. The van der Waals surface area contributed by atoms with Crippen LogP contribution in [0.1, 0.15) is 39.1 Å². The molecule has 2 aliphatic heterocycles. The molecule has 0 saturated carbocycles. The largest absolute Gasteiger partial charge is 0.504 e. The number of phenolic OH excluding ortho intramolecular Hbond substituents is 2. The molecule has 0 radical (unpaired) electrons. The monoisotopic (exact) mass is 366 g/mol. The number of phenols is 2. The van der Waals surface area contributed by atoms with Crippen LogP contribution in [-0.2, 0) is 6.54 Å². The summed E-state index contributed by atoms with van der Waals surface area (Å²) in [6.45, 7) is 2.81. The van der Waals surface area contributed by atoms with Crippen LogP contribution in [0, 0.1) is 5.92 Å². The minimum Gasteiger partial charge on any atom is -0.504 e. The van der Waals surface area contributed by atoms with E-state index in [-0.39, 0.29) is 29.2 Å². The van der Waals surface area contributed by atoms with Crippen molar-refractivity contribution in [1.29, 1.82) is 0 Å². The molecule has 1 saturated heterocycles. The maximum absolute atomic E-state index is 12.6. The molecule has 2 heterocycles. The molecular weight excluding hydrogens is 344 g/mol. The van der Waals surface area contributed by atoms with E-state index in [1.54, 1.807) is 36.4 Å². The lowest BCUT2D eigenvalue weighted by molar-refractivity contribution is 0.0586. The van der Waals surface area contributed by atoms with Gasteiger partial charge in [-0.3, -0.25) is 19.4 Å². The van der Waals surface area contributed by atoms with Crippen molar-refractivity contribution < 1.29 is 19.8 Å². The van der Waals surface area contributed by atoms with Gasteiger partial charge in [-0.25, -0.2) is 0 Å². The van der Waals surface area contributed by atoms with Gasteiger partial charge in [0.05, 0.1) is 11.1 Å². The molecule has 1 unspecified atom stereocenters. The van der Waals surface area contributed by atoms with Gasteiger partial charge in [-0.15, -0.1) is 0 Å². The standard InChI is InChI=1S/C21H22N2O4/c24-18-8-7-14(10-19(18)25)11-22-9-3-4-15(12-22)13-23-20(26)16-5-1-2-6-17(16)21(23)27/h1-2,5-8,10,15,24-25H,3-4,9,11-13H2. The maximum Gasteiger partial charge on any atom is 0.261 e. The highest BCUT2D eigenvalue weighted by atomic mass is 16.3. The Bertz CT molecular complexity index is 861. The highest BCUT2D eigenvalue weighted by Crippen LogP contribution is 2.28. The fraction of sp³-hybridized carbons (Fsp3) is 0.333. The summed E-state index contributed by atoms with van der Waals surface area (Å²) in [4.78, 5) is 28.8. The Hall–Kier alpha value is -2.86. The van der Waals surface area contributed by atoms with Gasteiger partial charge in [0.1, 0.15) is 0 Å². The molecule has 1 fully saturated rings. The Morgan fingerprint density at radius 3 is 2.33 bits per heavy atom. The van der Waals surface area contributed by atoms with E-state index >= 15 is 0 Å². The molecule has 1 atom stereocenters. The van der Waals surface area contributed by atoms with E-state index in [4.69, 9.17) is 0 Å². The Morgan fingerprint density at radius 1 is 0.963 bits per heavy atom. The lowest BCUT2D eigenvalue weighted by atomic mass is 9.97. The summed E-state index contributed by atoms with van der Waals surface area (Å²) in [5.41, 5.74) is 1.91. The number of aromatic hydroxyl groups is 2. The lowest BCUT2D eigenvalue weighted by Gasteiger charge is -2.34. The fourth-order valence-electron chi connectivity index (χ4n) is 4.03. The highest BCUT2D eigenvalue weighted by molar-refractivity contribution is 6.21. The Balaban J connectivity index is 1.41. The first kappa shape index (κ1) is 17.5. The van der Waals surface area contributed by atoms with Crippen molar-refractivity contribution in [3.05, 3.63) is 59.2 Å². The van der Waals surface area contributed by atoms with Crippen molar-refractivity contribution in [3.63, 3.8) is 0 Å². The van der Waals surface area contributed by atoms with Crippen LogP contribution in [0.5, 0.6) is 11.5 Å². The van der Waals surface area contributed by atoms with Crippen molar-refractivity contribution >= 4 is 11.8 Å². The summed E-state index contributed by atoms with van der Waals surface area (Å²) in [6, 6.07) is 11.8. The average molecular weight is 366 g/mol. The van der Waals surface area contributed by atoms with E-state index in [9.17, 15) is 19.8 Å². The fourth-order valence-corrected chi connectivity index (χ4v) is 4.03. The molecule has 0 aromatic heterocycles. The molecule has 0 bridgehead atoms. The van der Waals surface area contributed by atoms with Crippen LogP contribution in [0.25, 0.3) is 0 Å². The smallest absolute Gasteiger partial charge is 0.261 e. The molecule has 2 aromatic carbocycles. The molecule has 0 aliphatic carbocycles. The van der Waals surface area contributed by atoms with Crippen LogP contribution in [0.4, 0.5) is 0 Å². The third-order valence-electron chi connectivity index (χ3n) is 5.37. The van der Waals surface area contributed by atoms with Gasteiger partial charge in [0.2, 0.25) is 0 Å². The molecule has 2 aromatic rings. The zero-order valence-electron chi connectivity index (χ0n) is 15.0. The van der Waals surface area contributed by atoms with E-state index in [1.807, 2.05) is 0 Å². The SMILES string of the molecule is O=C1c2ccccc2C(=O)N1CC1CCCN(Cc2ccc(O)c(O)c2)C1. The Morgan fingerprint density at radius 2 is 1.67 bits per heavy atom. The number of amides is 2. The molecule has 2 N–H and O–H groups in total. The summed E-state index contributed by atoms with van der Waals surface area (Å²) in [5, 5.41) is 19.1. The number of piperidine rings is 1. The third-order valence-corrected chi connectivity index (χ3v) is 5.37. The van der Waals surface area contributed by atoms with Gasteiger partial charge in [-0.2, -0.15) is 0 Å². The zero-order valence-corrected chi connectivity index (χ0v) is 15.0. The van der Waals surface area contributed by atoms with Gasteiger partial charge in [0.25, 0.3) is 11.8 Å². The van der Waals surface area contributed by atoms with Crippen molar-refractivity contribution in [1.82, 2.24) is 9.80 Å². The minimum atomic E-state index is -0.198. The minimum absolute atomic E-state index is 0.118. The van der Waals surface area contributed by atoms with E-state index in [0.29, 0.717) is 24.2 Å². The second-order valence-electron chi connectivity index (χ2n) is 7.33. The summed E-state index contributed by atoms with van der Waals surface area (Å²) < 4.78 is 0. The summed E-state index contributed by atoms with van der Waals surface area (Å²) in [7, 11) is 0. The molecule has 6 heteroatoms. The van der Waals surface area contributed by atoms with E-state index in [1.165, 1.54) is 11.0 Å². The summed E-state index contributed by atoms with van der Waals surface area (Å²) >= 11 is 0. The van der Waals surface area contributed by atoms with Gasteiger partial charge in [0, 0.05) is 19.6 Å². The highest BCUT2D eigenvalue weighted by Gasteiger charge is 2.37. The topological polar surface area (TPSA) is 81.1 Å². The van der Waals surface area contributed by atoms with Crippen LogP contribution in [-0.4, -0.2) is 51.5 Å². The number of fused-ring (bicyclic) bond motifs is 1. The second-order valence-corrected chi connectivity index (χ2v) is 7.33. The number of hydrogen-bond acceptors (Lipinski definition) is 5. The van der Waals surface area contributed by atoms with Gasteiger partial charge < -0.3 is 10.2 Å². The van der Waals surface area contributed by atoms with Gasteiger partial charge in [0.15, 0.2) is 11.5 Å². The number of imide groups is 1. The van der Waals surface area contributed by atoms with Crippen molar-refractivity contribution in [2.24, 2.45) is 5.92 Å². The number of rotatable bonds is 4. The maximum atomic E-state index is 12.6. The summed E-state index contributed by atoms with van der Waals surface area (Å²) in [6.07, 6.45) is 1.97. The van der Waals surface area contributed by atoms with Crippen LogP contribution in [0.2, 0.25) is 0 Å². The number of hydrogen-bond donors (Lipinski definition) is 2. The van der Waals surface area contributed by atoms with E-state index in [2.05, 4.69) is 4.90 Å². The van der Waals surface area contributed by atoms with Crippen LogP contribution in [0.15, 0.2) is 42.5 Å². The number of likely N-dealkylation sites (tertiary alicyclic amines) is 1. The van der Waals surface area contributed by atoms with Crippen LogP contribution in [0.3, 0.4) is 0 Å².